The highest BCUT2D eigenvalue weighted by Crippen LogP contribution is 2.41. The van der Waals surface area contributed by atoms with Crippen LogP contribution in [0.1, 0.15) is 163 Å². The Morgan fingerprint density at radius 1 is 0.477 bits per heavy atom. The van der Waals surface area contributed by atoms with Crippen LogP contribution in [0.15, 0.2) is 97.5 Å². The van der Waals surface area contributed by atoms with Gasteiger partial charge in [-0.1, -0.05) is 11.6 Å². The molecule has 47 heteroatoms. The zero-order valence-corrected chi connectivity index (χ0v) is 75.5. The van der Waals surface area contributed by atoms with Gasteiger partial charge >= 0.3 is 6.18 Å². The second-order valence-electron chi connectivity index (χ2n) is 32.2. The molecule has 16 aromatic rings. The van der Waals surface area contributed by atoms with E-state index >= 15 is 0 Å². The van der Waals surface area contributed by atoms with Crippen molar-refractivity contribution in [1.29, 1.82) is 0 Å². The number of ether oxygens (including phenoxy) is 1. The van der Waals surface area contributed by atoms with E-state index in [4.69, 9.17) is 16.3 Å². The number of fused-ring (bicyclic) bond motifs is 4. The molecule has 16 aromatic heterocycles. The van der Waals surface area contributed by atoms with Crippen molar-refractivity contribution in [2.24, 2.45) is 28.2 Å². The predicted molar refractivity (Wildman–Crippen MR) is 472 cm³/mol. The van der Waals surface area contributed by atoms with Crippen molar-refractivity contribution in [3.05, 3.63) is 192 Å². The van der Waals surface area contributed by atoms with Gasteiger partial charge in [0.1, 0.15) is 71.0 Å². The highest BCUT2D eigenvalue weighted by atomic mass is 35.5. The quantitative estimate of drug-likeness (QED) is 0.0449. The monoisotopic (exact) mass is 1890 g/mol. The van der Waals surface area contributed by atoms with Crippen LogP contribution < -0.4 is 19.6 Å². The molecule has 34 nitrogen and oxygen atoms in total. The van der Waals surface area contributed by atoms with Gasteiger partial charge in [0.2, 0.25) is 23.8 Å². The molecular weight excluding hydrogens is 1810 g/mol. The fourth-order valence-electron chi connectivity index (χ4n) is 16.2. The lowest BCUT2D eigenvalue weighted by Gasteiger charge is -2.34. The summed E-state index contributed by atoms with van der Waals surface area (Å²) >= 11 is 8.70. The van der Waals surface area contributed by atoms with E-state index in [9.17, 15) is 58.7 Å². The van der Waals surface area contributed by atoms with Crippen LogP contribution in [-0.4, -0.2) is 210 Å². The van der Waals surface area contributed by atoms with Gasteiger partial charge < -0.3 is 24.3 Å². The summed E-state index contributed by atoms with van der Waals surface area (Å²) in [5.41, 5.74) is 6.50. The highest BCUT2D eigenvalue weighted by Gasteiger charge is 2.36. The van der Waals surface area contributed by atoms with Gasteiger partial charge in [-0.05, 0) is 126 Å². The van der Waals surface area contributed by atoms with Gasteiger partial charge in [0, 0.05) is 152 Å². The Morgan fingerprint density at radius 3 is 1.28 bits per heavy atom. The minimum absolute atomic E-state index is 0.00265. The lowest BCUT2D eigenvalue weighted by atomic mass is 10.0. The van der Waals surface area contributed by atoms with Crippen LogP contribution in [0, 0.1) is 32.4 Å². The molecule has 0 amide bonds. The molecule has 2 atom stereocenters. The lowest BCUT2D eigenvalue weighted by molar-refractivity contribution is -0.140. The Balaban J connectivity index is 0.000000123. The maximum absolute atomic E-state index is 15.0. The molecule has 686 valence electrons. The van der Waals surface area contributed by atoms with Crippen molar-refractivity contribution in [2.75, 3.05) is 72.0 Å². The Kier molecular flexibility index (Phi) is 25.8. The summed E-state index contributed by atoms with van der Waals surface area (Å²) in [7, 11) is 6.48. The molecule has 4 fully saturated rings. The second-order valence-corrected chi connectivity index (χ2v) is 35.9. The number of alkyl halides is 7. The topological polar surface area (TPSA) is 347 Å². The predicted octanol–water partition coefficient (Wildman–Crippen LogP) is 14.5. The van der Waals surface area contributed by atoms with Crippen molar-refractivity contribution < 1.29 is 63.4 Å². The molecule has 0 unspecified atom stereocenters. The number of Topliss-reactive ketones (excluding diaryl/α,β-unsaturated/α-hetero) is 4. The minimum Gasteiger partial charge on any atom is -0.372 e. The highest BCUT2D eigenvalue weighted by molar-refractivity contribution is 7.19. The normalized spacial score (nSPS) is 15.4. The smallest absolute Gasteiger partial charge is 0.372 e. The average Bonchev–Trinajstić information content (AvgIpc) is 1.63. The number of hydrogen-bond donors (Lipinski definition) is 0. The SMILES string of the molecule is C[C@@H]1CN(c2nc3cc(CC(=O)c4c(-c5nc(C(F)F)c(Cl)s5)cnn4C)c(F)cn3n2)C[C@H](C)O1.Cc1ncc(C)c(-c2cnn(C)c2C(=O)Cc2cc3nc(N4CCCC4)nn3cc2F)n1.Cc1sc(-c2cnn(C)c2C(=O)Cc2ccn3nc(N4CCCC4)nc3c2)nc1C(F)F.Cn1ncc(-c2nc(C(F)(F)F)cs2)c1C(=O)Cc1ccn2nc(N3CCCC3)nc2c1. The number of carbonyl (C=O) groups is 4. The lowest BCUT2D eigenvalue weighted by Crippen LogP contribution is -2.46. The van der Waals surface area contributed by atoms with Crippen LogP contribution >= 0.6 is 45.6 Å². The van der Waals surface area contributed by atoms with Crippen molar-refractivity contribution in [1.82, 2.24) is 122 Å². The fourth-order valence-corrected chi connectivity index (χ4v) is 19.1. The number of anilines is 4. The minimum atomic E-state index is -4.54. The number of hydrogen-bond acceptors (Lipinski definition) is 29. The largest absolute Gasteiger partial charge is 0.434 e. The van der Waals surface area contributed by atoms with Crippen molar-refractivity contribution in [2.45, 2.75) is 130 Å². The number of thiazole rings is 3. The van der Waals surface area contributed by atoms with Crippen LogP contribution in [0.3, 0.4) is 0 Å². The van der Waals surface area contributed by atoms with E-state index in [2.05, 4.69) is 100 Å². The Labute approximate surface area is 761 Å². The molecule has 132 heavy (non-hydrogen) atoms. The first-order chi connectivity index (χ1) is 63.2. The number of ketones is 4. The molecule has 4 aliphatic rings. The maximum Gasteiger partial charge on any atom is 0.434 e. The van der Waals surface area contributed by atoms with Gasteiger partial charge in [0.15, 0.2) is 51.4 Å². The van der Waals surface area contributed by atoms with Gasteiger partial charge in [-0.2, -0.15) is 53.5 Å². The molecule has 0 radical (unpaired) electrons. The van der Waals surface area contributed by atoms with Crippen LogP contribution in [0.25, 0.3) is 65.6 Å². The van der Waals surface area contributed by atoms with Crippen LogP contribution in [0.5, 0.6) is 0 Å². The van der Waals surface area contributed by atoms with E-state index in [0.717, 1.165) is 134 Å². The zero-order valence-electron chi connectivity index (χ0n) is 72.3. The van der Waals surface area contributed by atoms with Gasteiger partial charge in [-0.15, -0.1) is 54.4 Å². The number of pyridine rings is 4. The van der Waals surface area contributed by atoms with Gasteiger partial charge in [-0.25, -0.2) is 69.3 Å². The van der Waals surface area contributed by atoms with Crippen LogP contribution in [0.4, 0.5) is 63.3 Å². The fraction of sp³-hybridized carbons (Fsp3) is 0.376. The molecular formula is C85H83ClF9N29O5S3. The van der Waals surface area contributed by atoms with Crippen molar-refractivity contribution >= 4 is 115 Å². The second kappa shape index (κ2) is 37.6. The summed E-state index contributed by atoms with van der Waals surface area (Å²) in [6.45, 7) is 16.0. The average molecular weight is 1890 g/mol. The summed E-state index contributed by atoms with van der Waals surface area (Å²) in [6, 6.07) is 10.3. The molecule has 4 saturated heterocycles. The van der Waals surface area contributed by atoms with Crippen molar-refractivity contribution in [3.63, 3.8) is 0 Å². The zero-order chi connectivity index (χ0) is 93.0. The number of rotatable bonds is 22. The number of nitrogens with zero attached hydrogens (tertiary/aromatic N) is 29. The third kappa shape index (κ3) is 19.2. The van der Waals surface area contributed by atoms with E-state index in [1.807, 2.05) is 37.8 Å². The van der Waals surface area contributed by atoms with Crippen LogP contribution in [0.2, 0.25) is 4.34 Å². The molecule has 0 aromatic carbocycles. The third-order valence-electron chi connectivity index (χ3n) is 22.6. The molecule has 0 saturated carbocycles. The molecule has 20 rings (SSSR count). The maximum atomic E-state index is 15.0. The number of aromatic nitrogens is 25. The molecule has 20 heterocycles. The third-order valence-corrected chi connectivity index (χ3v) is 25.8. The Bertz CT molecular complexity index is 7030. The molecule has 0 bridgehead atoms. The molecule has 0 aliphatic carbocycles. The first-order valence-electron chi connectivity index (χ1n) is 41.9. The summed E-state index contributed by atoms with van der Waals surface area (Å²) in [5.74, 6) is 0.731. The summed E-state index contributed by atoms with van der Waals surface area (Å²) in [5, 5.41) is 35.9. The summed E-state index contributed by atoms with van der Waals surface area (Å²) in [6.07, 6.45) is 10.0. The van der Waals surface area contributed by atoms with E-state index < -0.39 is 47.8 Å². The van der Waals surface area contributed by atoms with Gasteiger partial charge in [0.25, 0.3) is 12.9 Å². The standard InChI is InChI=1S/C22H21ClF3N7O2S.C22H23FN8O.C21H21F2N7OS.C20H18F3N7OS/c1-10-7-32(8-11(2)35-10)22-28-16-5-12(14(24)9-33(16)30-22)4-15(34)18-13(6-27-31(18)3)21-29-17(20(25)26)19(23)36-21;1-13-10-24-14(2)26-20(13)16-11-25-29(3)21(16)18(32)8-15-9-19-27-22(30-6-4-5-7-30)28-31(19)12-17(15)23;1-12-17(19(22)23)26-20(32-12)14-11-24-28(2)18(14)15(31)9-13-5-8-30-16(10-13)25-21(27-30)29-6-3-4-7-29;1-28-17(13(10-24-28)18-25-15(11-32-18)20(21,22)23)14(31)8-12-4-7-30-16(9-12)26-19(27-30)29-5-2-3-6-29/h5-6,9-11,20H,4,7-8H2,1-3H3;9-12H,4-8H2,1-3H3;5,8,10-11,19H,3-4,6-7,9H2,1-2H3;4,7,9-11H,2-3,5-6,8H2,1H3/t10-,11+;;;. The van der Waals surface area contributed by atoms with E-state index in [0.29, 0.717) is 103 Å². The Morgan fingerprint density at radius 2 is 0.864 bits per heavy atom. The van der Waals surface area contributed by atoms with E-state index in [1.54, 1.807) is 87.0 Å². The number of morpholine rings is 1. The molecule has 0 N–H and O–H groups in total. The number of halogens is 10. The van der Waals surface area contributed by atoms with E-state index in [-0.39, 0.29) is 109 Å². The van der Waals surface area contributed by atoms with Crippen molar-refractivity contribution in [3.8, 4) is 43.0 Å². The molecule has 4 aliphatic heterocycles. The Hall–Kier alpha value is -13.2. The number of carbonyl (C=O) groups excluding carboxylic acids is 4. The van der Waals surface area contributed by atoms with Crippen LogP contribution in [-0.2, 0) is 64.8 Å². The first-order valence-corrected chi connectivity index (χ1v) is 44.8. The summed E-state index contributed by atoms with van der Waals surface area (Å²) in [4.78, 5) is 100. The van der Waals surface area contributed by atoms with Gasteiger partial charge in [-0.3, -0.25) is 37.9 Å². The summed E-state index contributed by atoms with van der Waals surface area (Å²) < 4.78 is 139. The first kappa shape index (κ1) is 90.7. The molecule has 0 spiro atoms. The van der Waals surface area contributed by atoms with Gasteiger partial charge in [0.05, 0.1) is 71.8 Å². The number of aryl methyl sites for hydroxylation is 7. The van der Waals surface area contributed by atoms with E-state index in [1.165, 1.54) is 71.9 Å².